The Hall–Kier alpha value is -3.26. The zero-order valence-corrected chi connectivity index (χ0v) is 17.2. The Balaban J connectivity index is 1.26. The maximum absolute atomic E-state index is 13.0. The number of carbonyl (C=O) groups excluding carboxylic acids is 2. The first kappa shape index (κ1) is 21.0. The fourth-order valence-corrected chi connectivity index (χ4v) is 3.49. The van der Waals surface area contributed by atoms with Crippen molar-refractivity contribution in [3.63, 3.8) is 0 Å². The van der Waals surface area contributed by atoms with E-state index in [-0.39, 0.29) is 36.1 Å². The number of benzene rings is 2. The standard InChI is InChI=1S/C22H19ClFN3O4/c23-17-5-1-14(2-6-17)20-26-25-19(31-20)13-30-22(29)16-9-11-27(12-10-16)21(28)15-3-7-18(24)8-4-15/h1-8,16H,9-13H2. The summed E-state index contributed by atoms with van der Waals surface area (Å²) in [7, 11) is 0. The summed E-state index contributed by atoms with van der Waals surface area (Å²) in [6, 6.07) is 12.4. The highest BCUT2D eigenvalue weighted by Crippen LogP contribution is 2.23. The van der Waals surface area contributed by atoms with Crippen molar-refractivity contribution in [3.8, 4) is 11.5 Å². The Morgan fingerprint density at radius 2 is 1.74 bits per heavy atom. The van der Waals surface area contributed by atoms with Gasteiger partial charge in [-0.2, -0.15) is 0 Å². The summed E-state index contributed by atoms with van der Waals surface area (Å²) in [6.45, 7) is 0.739. The maximum atomic E-state index is 13.0. The third kappa shape index (κ3) is 5.08. The number of halogens is 2. The summed E-state index contributed by atoms with van der Waals surface area (Å²) in [6.07, 6.45) is 0.983. The van der Waals surface area contributed by atoms with Crippen molar-refractivity contribution in [2.24, 2.45) is 5.92 Å². The van der Waals surface area contributed by atoms with Crippen LogP contribution < -0.4 is 0 Å². The molecule has 0 N–H and O–H groups in total. The number of amides is 1. The lowest BCUT2D eigenvalue weighted by Gasteiger charge is -2.30. The zero-order valence-electron chi connectivity index (χ0n) is 16.5. The van der Waals surface area contributed by atoms with Gasteiger partial charge in [0.15, 0.2) is 6.61 Å². The largest absolute Gasteiger partial charge is 0.455 e. The molecule has 2 aromatic carbocycles. The molecule has 0 radical (unpaired) electrons. The summed E-state index contributed by atoms with van der Waals surface area (Å²) in [5.41, 5.74) is 1.14. The van der Waals surface area contributed by atoms with E-state index in [0.717, 1.165) is 0 Å². The topological polar surface area (TPSA) is 85.5 Å². The van der Waals surface area contributed by atoms with Gasteiger partial charge in [0.25, 0.3) is 11.8 Å². The van der Waals surface area contributed by atoms with Crippen molar-refractivity contribution in [2.75, 3.05) is 13.1 Å². The molecular weight excluding hydrogens is 425 g/mol. The lowest BCUT2D eigenvalue weighted by atomic mass is 9.96. The highest BCUT2D eigenvalue weighted by molar-refractivity contribution is 6.30. The molecule has 9 heteroatoms. The molecule has 1 aliphatic heterocycles. The van der Waals surface area contributed by atoms with E-state index in [9.17, 15) is 14.0 Å². The molecule has 7 nitrogen and oxygen atoms in total. The van der Waals surface area contributed by atoms with E-state index in [1.165, 1.54) is 24.3 Å². The van der Waals surface area contributed by atoms with E-state index in [4.69, 9.17) is 20.8 Å². The smallest absolute Gasteiger partial charge is 0.309 e. The second-order valence-electron chi connectivity index (χ2n) is 7.19. The predicted molar refractivity (Wildman–Crippen MR) is 110 cm³/mol. The average Bonchev–Trinajstić information content (AvgIpc) is 3.27. The highest BCUT2D eigenvalue weighted by Gasteiger charge is 2.29. The number of nitrogens with zero attached hydrogens (tertiary/aromatic N) is 3. The van der Waals surface area contributed by atoms with Gasteiger partial charge in [-0.3, -0.25) is 9.59 Å². The first-order chi connectivity index (χ1) is 15.0. The number of aromatic nitrogens is 2. The number of ether oxygens (including phenoxy) is 1. The van der Waals surface area contributed by atoms with Crippen molar-refractivity contribution in [3.05, 3.63) is 70.8 Å². The molecular formula is C22H19ClFN3O4. The van der Waals surface area contributed by atoms with Gasteiger partial charge in [-0.15, -0.1) is 10.2 Å². The Morgan fingerprint density at radius 1 is 1.06 bits per heavy atom. The number of piperidine rings is 1. The fourth-order valence-electron chi connectivity index (χ4n) is 3.37. The van der Waals surface area contributed by atoms with Crippen LogP contribution >= 0.6 is 11.6 Å². The van der Waals surface area contributed by atoms with Gasteiger partial charge in [-0.05, 0) is 61.4 Å². The van der Waals surface area contributed by atoms with Crippen molar-refractivity contribution in [1.82, 2.24) is 15.1 Å². The Morgan fingerprint density at radius 3 is 2.42 bits per heavy atom. The van der Waals surface area contributed by atoms with Gasteiger partial charge in [0.1, 0.15) is 5.82 Å². The van der Waals surface area contributed by atoms with Crippen LogP contribution in [0.2, 0.25) is 5.02 Å². The summed E-state index contributed by atoms with van der Waals surface area (Å²) in [5, 5.41) is 8.45. The van der Waals surface area contributed by atoms with Crippen LogP contribution in [0.1, 0.15) is 29.1 Å². The van der Waals surface area contributed by atoms with Crippen LogP contribution in [0, 0.1) is 11.7 Å². The average molecular weight is 444 g/mol. The van der Waals surface area contributed by atoms with Crippen LogP contribution in [0.3, 0.4) is 0 Å². The quantitative estimate of drug-likeness (QED) is 0.551. The van der Waals surface area contributed by atoms with E-state index >= 15 is 0 Å². The normalized spacial score (nSPS) is 14.5. The molecule has 0 unspecified atom stereocenters. The minimum absolute atomic E-state index is 0.117. The lowest BCUT2D eigenvalue weighted by molar-refractivity contribution is -0.152. The van der Waals surface area contributed by atoms with Crippen molar-refractivity contribution < 1.29 is 23.1 Å². The van der Waals surface area contributed by atoms with Crippen LogP contribution in [0.15, 0.2) is 52.9 Å². The Kier molecular flexibility index (Phi) is 6.27. The molecule has 4 rings (SSSR count). The fraction of sp³-hybridized carbons (Fsp3) is 0.273. The number of carbonyl (C=O) groups is 2. The molecule has 160 valence electrons. The van der Waals surface area contributed by atoms with Crippen molar-refractivity contribution >= 4 is 23.5 Å². The van der Waals surface area contributed by atoms with E-state index in [2.05, 4.69) is 10.2 Å². The molecule has 31 heavy (non-hydrogen) atoms. The molecule has 0 atom stereocenters. The number of likely N-dealkylation sites (tertiary alicyclic amines) is 1. The highest BCUT2D eigenvalue weighted by atomic mass is 35.5. The van der Waals surface area contributed by atoms with Gasteiger partial charge in [0.2, 0.25) is 5.89 Å². The molecule has 2 heterocycles. The molecule has 1 aliphatic rings. The molecule has 1 fully saturated rings. The Bertz CT molecular complexity index is 1060. The first-order valence-electron chi connectivity index (χ1n) is 9.79. The molecule has 0 spiro atoms. The summed E-state index contributed by atoms with van der Waals surface area (Å²) < 4.78 is 23.9. The molecule has 3 aromatic rings. The predicted octanol–water partition coefficient (Wildman–Crippen LogP) is 4.12. The van der Waals surface area contributed by atoms with Crippen LogP contribution in [-0.2, 0) is 16.1 Å². The minimum atomic E-state index is -0.389. The second-order valence-corrected chi connectivity index (χ2v) is 7.63. The van der Waals surface area contributed by atoms with Gasteiger partial charge in [0, 0.05) is 29.2 Å². The Labute approximate surface area is 182 Å². The van der Waals surface area contributed by atoms with Gasteiger partial charge in [-0.1, -0.05) is 11.6 Å². The molecule has 1 amide bonds. The van der Waals surface area contributed by atoms with E-state index in [1.54, 1.807) is 29.2 Å². The van der Waals surface area contributed by atoms with Gasteiger partial charge < -0.3 is 14.1 Å². The van der Waals surface area contributed by atoms with Gasteiger partial charge >= 0.3 is 5.97 Å². The van der Waals surface area contributed by atoms with Crippen LogP contribution in [0.4, 0.5) is 4.39 Å². The summed E-state index contributed by atoms with van der Waals surface area (Å²) in [4.78, 5) is 26.5. The summed E-state index contributed by atoms with van der Waals surface area (Å²) in [5.74, 6) is -0.722. The second kappa shape index (κ2) is 9.26. The minimum Gasteiger partial charge on any atom is -0.455 e. The number of hydrogen-bond donors (Lipinski definition) is 0. The number of rotatable bonds is 5. The van der Waals surface area contributed by atoms with Crippen LogP contribution in [-0.4, -0.2) is 40.1 Å². The van der Waals surface area contributed by atoms with Crippen LogP contribution in [0.25, 0.3) is 11.5 Å². The molecule has 1 saturated heterocycles. The van der Waals surface area contributed by atoms with Gasteiger partial charge in [-0.25, -0.2) is 4.39 Å². The van der Waals surface area contributed by atoms with Crippen molar-refractivity contribution in [1.29, 1.82) is 0 Å². The van der Waals surface area contributed by atoms with E-state index in [1.807, 2.05) is 0 Å². The summed E-state index contributed by atoms with van der Waals surface area (Å²) >= 11 is 5.87. The van der Waals surface area contributed by atoms with Crippen molar-refractivity contribution in [2.45, 2.75) is 19.4 Å². The number of esters is 1. The molecule has 0 saturated carbocycles. The van der Waals surface area contributed by atoms with Crippen LogP contribution in [0.5, 0.6) is 0 Å². The molecule has 1 aromatic heterocycles. The lowest BCUT2D eigenvalue weighted by Crippen LogP contribution is -2.40. The van der Waals surface area contributed by atoms with E-state index in [0.29, 0.717) is 48.0 Å². The molecule has 0 bridgehead atoms. The maximum Gasteiger partial charge on any atom is 0.309 e. The zero-order chi connectivity index (χ0) is 21.8. The molecule has 0 aliphatic carbocycles. The monoisotopic (exact) mass is 443 g/mol. The number of hydrogen-bond acceptors (Lipinski definition) is 6. The third-order valence-corrected chi connectivity index (χ3v) is 5.35. The first-order valence-corrected chi connectivity index (χ1v) is 10.2. The third-order valence-electron chi connectivity index (χ3n) is 5.10. The SMILES string of the molecule is O=C(OCc1nnc(-c2ccc(Cl)cc2)o1)C1CCN(C(=O)c2ccc(F)cc2)CC1. The van der Waals surface area contributed by atoms with Gasteiger partial charge in [0.05, 0.1) is 5.92 Å². The van der Waals surface area contributed by atoms with E-state index < -0.39 is 0 Å².